The summed E-state index contributed by atoms with van der Waals surface area (Å²) in [6, 6.07) is 0. The van der Waals surface area contributed by atoms with Gasteiger partial charge in [-0.15, -0.1) is 0 Å². The highest BCUT2D eigenvalue weighted by Gasteiger charge is 2.13. The van der Waals surface area contributed by atoms with Crippen molar-refractivity contribution in [3.05, 3.63) is 0 Å². The molecule has 0 aromatic rings. The van der Waals surface area contributed by atoms with Crippen LogP contribution in [0.1, 0.15) is 27.2 Å². The Morgan fingerprint density at radius 2 is 1.86 bits per heavy atom. The summed E-state index contributed by atoms with van der Waals surface area (Å²) < 4.78 is 21.6. The average molecular weight is 223 g/mol. The van der Waals surface area contributed by atoms with E-state index in [0.717, 1.165) is 0 Å². The van der Waals surface area contributed by atoms with Crippen LogP contribution in [0.5, 0.6) is 0 Å². The van der Waals surface area contributed by atoms with Crippen molar-refractivity contribution in [2.75, 3.05) is 18.6 Å². The van der Waals surface area contributed by atoms with Crippen molar-refractivity contribution in [1.82, 2.24) is 5.32 Å². The fourth-order valence-electron chi connectivity index (χ4n) is 0.876. The molecule has 0 saturated heterocycles. The molecule has 0 aromatic carbocycles. The van der Waals surface area contributed by atoms with Gasteiger partial charge < -0.3 is 10.4 Å². The van der Waals surface area contributed by atoms with Crippen molar-refractivity contribution in [2.24, 2.45) is 0 Å². The Kier molecular flexibility index (Phi) is 5.05. The molecule has 0 rings (SSSR count). The highest BCUT2D eigenvalue weighted by atomic mass is 32.2. The molecule has 4 nitrogen and oxygen atoms in total. The van der Waals surface area contributed by atoms with Gasteiger partial charge >= 0.3 is 0 Å². The molecular weight excluding hydrogens is 202 g/mol. The van der Waals surface area contributed by atoms with Gasteiger partial charge in [0.1, 0.15) is 9.84 Å². The molecule has 0 bridgehead atoms. The predicted octanol–water partition coefficient (Wildman–Crippen LogP) is 0.170. The second-order valence-corrected chi connectivity index (χ2v) is 6.96. The summed E-state index contributed by atoms with van der Waals surface area (Å²) in [5.41, 5.74) is -0.0495. The van der Waals surface area contributed by atoms with E-state index in [1.54, 1.807) is 0 Å². The van der Waals surface area contributed by atoms with Gasteiger partial charge in [-0.3, -0.25) is 0 Å². The second kappa shape index (κ2) is 5.09. The van der Waals surface area contributed by atoms with Crippen LogP contribution >= 0.6 is 0 Å². The van der Waals surface area contributed by atoms with E-state index in [0.29, 0.717) is 13.0 Å². The van der Waals surface area contributed by atoms with Gasteiger partial charge in [-0.05, 0) is 27.2 Å². The third kappa shape index (κ3) is 9.95. The predicted molar refractivity (Wildman–Crippen MR) is 58.1 cm³/mol. The smallest absolute Gasteiger partial charge is 0.147 e. The van der Waals surface area contributed by atoms with Crippen LogP contribution in [0.15, 0.2) is 0 Å². The highest BCUT2D eigenvalue weighted by molar-refractivity contribution is 7.90. The van der Waals surface area contributed by atoms with Crippen molar-refractivity contribution >= 4 is 9.84 Å². The van der Waals surface area contributed by atoms with Crippen LogP contribution in [-0.2, 0) is 9.84 Å². The van der Waals surface area contributed by atoms with Crippen LogP contribution in [-0.4, -0.2) is 43.7 Å². The monoisotopic (exact) mass is 223 g/mol. The molecule has 0 radical (unpaired) electrons. The lowest BCUT2D eigenvalue weighted by Crippen LogP contribution is -2.41. The van der Waals surface area contributed by atoms with Crippen molar-refractivity contribution in [3.8, 4) is 0 Å². The van der Waals surface area contributed by atoms with E-state index in [-0.39, 0.29) is 11.3 Å². The maximum absolute atomic E-state index is 10.8. The van der Waals surface area contributed by atoms with Crippen molar-refractivity contribution in [2.45, 2.75) is 38.8 Å². The Morgan fingerprint density at radius 1 is 1.36 bits per heavy atom. The van der Waals surface area contributed by atoms with Gasteiger partial charge in [0, 0.05) is 18.3 Å². The first kappa shape index (κ1) is 13.9. The molecule has 1 unspecified atom stereocenters. The molecule has 0 spiro atoms. The molecule has 0 aliphatic carbocycles. The SMILES string of the molecule is CC(C)(C)NCC(O)CCS(C)(=O)=O. The molecule has 1 atom stereocenters. The summed E-state index contributed by atoms with van der Waals surface area (Å²) in [5, 5.41) is 12.6. The van der Waals surface area contributed by atoms with E-state index >= 15 is 0 Å². The fraction of sp³-hybridized carbons (Fsp3) is 1.00. The number of hydrogen-bond acceptors (Lipinski definition) is 4. The topological polar surface area (TPSA) is 66.4 Å². The Labute approximate surface area is 86.6 Å². The summed E-state index contributed by atoms with van der Waals surface area (Å²) >= 11 is 0. The molecule has 14 heavy (non-hydrogen) atoms. The minimum absolute atomic E-state index is 0.0417. The van der Waals surface area contributed by atoms with Gasteiger partial charge in [-0.2, -0.15) is 0 Å². The van der Waals surface area contributed by atoms with E-state index in [2.05, 4.69) is 5.32 Å². The van der Waals surface area contributed by atoms with Crippen LogP contribution in [0.4, 0.5) is 0 Å². The van der Waals surface area contributed by atoms with Gasteiger partial charge in [0.05, 0.1) is 11.9 Å². The summed E-state index contributed by atoms with van der Waals surface area (Å²) in [4.78, 5) is 0. The number of nitrogens with one attached hydrogen (secondary N) is 1. The lowest BCUT2D eigenvalue weighted by atomic mass is 10.1. The van der Waals surface area contributed by atoms with Crippen molar-refractivity contribution in [1.29, 1.82) is 0 Å². The number of sulfone groups is 1. The quantitative estimate of drug-likeness (QED) is 0.697. The lowest BCUT2D eigenvalue weighted by molar-refractivity contribution is 0.157. The van der Waals surface area contributed by atoms with Crippen LogP contribution in [0.3, 0.4) is 0 Å². The molecule has 0 aromatic heterocycles. The molecule has 0 aliphatic rings. The first-order valence-electron chi connectivity index (χ1n) is 4.71. The number of aliphatic hydroxyl groups is 1. The Hall–Kier alpha value is -0.130. The third-order valence-electron chi connectivity index (χ3n) is 1.69. The van der Waals surface area contributed by atoms with E-state index in [4.69, 9.17) is 0 Å². The van der Waals surface area contributed by atoms with E-state index in [1.165, 1.54) is 6.26 Å². The number of rotatable bonds is 5. The van der Waals surface area contributed by atoms with Crippen LogP contribution in [0.25, 0.3) is 0 Å². The molecular formula is C9H21NO3S. The van der Waals surface area contributed by atoms with Gasteiger partial charge in [0.15, 0.2) is 0 Å². The first-order valence-corrected chi connectivity index (χ1v) is 6.77. The molecule has 86 valence electrons. The van der Waals surface area contributed by atoms with Crippen LogP contribution in [0, 0.1) is 0 Å². The van der Waals surface area contributed by atoms with E-state index in [1.807, 2.05) is 20.8 Å². The summed E-state index contributed by atoms with van der Waals surface area (Å²) in [6.07, 6.45) is 0.877. The summed E-state index contributed by atoms with van der Waals surface area (Å²) in [7, 11) is -2.96. The molecule has 0 saturated carbocycles. The van der Waals surface area contributed by atoms with Gasteiger partial charge in [-0.25, -0.2) is 8.42 Å². The minimum atomic E-state index is -2.96. The number of aliphatic hydroxyl groups excluding tert-OH is 1. The van der Waals surface area contributed by atoms with E-state index in [9.17, 15) is 13.5 Å². The van der Waals surface area contributed by atoms with Crippen LogP contribution < -0.4 is 5.32 Å². The first-order chi connectivity index (χ1) is 6.10. The highest BCUT2D eigenvalue weighted by Crippen LogP contribution is 2.00. The van der Waals surface area contributed by atoms with Gasteiger partial charge in [0.25, 0.3) is 0 Å². The standard InChI is InChI=1S/C9H21NO3S/c1-9(2,3)10-7-8(11)5-6-14(4,12)13/h8,10-11H,5-7H2,1-4H3. The Bertz CT molecular complexity index is 254. The summed E-state index contributed by atoms with van der Waals surface area (Å²) in [5.74, 6) is 0.0417. The zero-order valence-corrected chi connectivity index (χ0v) is 10.2. The maximum Gasteiger partial charge on any atom is 0.147 e. The van der Waals surface area contributed by atoms with Gasteiger partial charge in [-0.1, -0.05) is 0 Å². The zero-order chi connectivity index (χ0) is 11.4. The number of hydrogen-bond donors (Lipinski definition) is 2. The van der Waals surface area contributed by atoms with Crippen LogP contribution in [0.2, 0.25) is 0 Å². The molecule has 0 heterocycles. The van der Waals surface area contributed by atoms with Gasteiger partial charge in [0.2, 0.25) is 0 Å². The number of β-amino-alcohol motifs (C(OH)–C–C–N with tert-alkyl or cyclic N) is 1. The third-order valence-corrected chi connectivity index (χ3v) is 2.67. The van der Waals surface area contributed by atoms with Crippen molar-refractivity contribution < 1.29 is 13.5 Å². The van der Waals surface area contributed by atoms with E-state index < -0.39 is 15.9 Å². The largest absolute Gasteiger partial charge is 0.392 e. The Balaban J connectivity index is 3.73. The average Bonchev–Trinajstić information content (AvgIpc) is 1.94. The molecule has 2 N–H and O–H groups in total. The fourth-order valence-corrected chi connectivity index (χ4v) is 1.58. The van der Waals surface area contributed by atoms with Crippen molar-refractivity contribution in [3.63, 3.8) is 0 Å². The minimum Gasteiger partial charge on any atom is -0.392 e. The summed E-state index contributed by atoms with van der Waals surface area (Å²) in [6.45, 7) is 6.42. The molecule has 0 aliphatic heterocycles. The molecule has 0 amide bonds. The lowest BCUT2D eigenvalue weighted by Gasteiger charge is -2.22. The molecule has 0 fully saturated rings. The molecule has 5 heteroatoms. The Morgan fingerprint density at radius 3 is 2.21 bits per heavy atom. The zero-order valence-electron chi connectivity index (χ0n) is 9.37. The normalized spacial score (nSPS) is 15.5. The maximum atomic E-state index is 10.8. The second-order valence-electron chi connectivity index (χ2n) is 4.70.